The lowest BCUT2D eigenvalue weighted by atomic mass is 10.0. The molecule has 1 N–H and O–H groups in total. The smallest absolute Gasteiger partial charge is 0.268 e. The third-order valence-corrected chi connectivity index (χ3v) is 6.65. The Labute approximate surface area is 169 Å². The normalized spacial score (nSPS) is 16.4. The third kappa shape index (κ3) is 4.63. The molecule has 0 radical (unpaired) electrons. The van der Waals surface area contributed by atoms with E-state index in [4.69, 9.17) is 4.84 Å². The molecule has 0 bridgehead atoms. The molecule has 154 valence electrons. The number of nitrogens with zero attached hydrogens (tertiary/aromatic N) is 2. The summed E-state index contributed by atoms with van der Waals surface area (Å²) in [7, 11) is -3.56. The molecule has 2 aromatic rings. The van der Waals surface area contributed by atoms with Crippen molar-refractivity contribution >= 4 is 27.3 Å². The van der Waals surface area contributed by atoms with E-state index in [-0.39, 0.29) is 11.3 Å². The van der Waals surface area contributed by atoms with E-state index < -0.39 is 27.9 Å². The summed E-state index contributed by atoms with van der Waals surface area (Å²) in [6.07, 6.45) is -0.628. The Morgan fingerprint density at radius 3 is 2.52 bits per heavy atom. The van der Waals surface area contributed by atoms with Crippen molar-refractivity contribution in [1.29, 1.82) is 0 Å². The summed E-state index contributed by atoms with van der Waals surface area (Å²) in [6, 6.07) is 11.9. The van der Waals surface area contributed by atoms with Crippen LogP contribution in [0.2, 0.25) is 0 Å². The van der Waals surface area contributed by atoms with Crippen LogP contribution in [0.3, 0.4) is 0 Å². The molecule has 1 aliphatic heterocycles. The number of carbonyl (C=O) groups excluding carboxylic acids is 1. The summed E-state index contributed by atoms with van der Waals surface area (Å²) >= 11 is 0. The Kier molecular flexibility index (Phi) is 6.29. The van der Waals surface area contributed by atoms with Gasteiger partial charge in [0.2, 0.25) is 16.1 Å². The number of sulfonamides is 1. The zero-order valence-electron chi connectivity index (χ0n) is 16.1. The Hall–Kier alpha value is -2.78. The van der Waals surface area contributed by atoms with Gasteiger partial charge in [0.25, 0.3) is 5.91 Å². The monoisotopic (exact) mass is 419 g/mol. The molecular weight excluding hydrogens is 397 g/mol. The van der Waals surface area contributed by atoms with Gasteiger partial charge < -0.3 is 10.2 Å². The summed E-state index contributed by atoms with van der Waals surface area (Å²) < 4.78 is 39.7. The maximum Gasteiger partial charge on any atom is 0.268 e. The molecule has 0 spiro atoms. The second kappa shape index (κ2) is 8.71. The minimum absolute atomic E-state index is 0.160. The van der Waals surface area contributed by atoms with Crippen LogP contribution >= 0.6 is 0 Å². The minimum Gasteiger partial charge on any atom is -0.382 e. The Morgan fingerprint density at radius 2 is 1.90 bits per heavy atom. The van der Waals surface area contributed by atoms with Gasteiger partial charge in [-0.1, -0.05) is 31.1 Å². The van der Waals surface area contributed by atoms with Crippen molar-refractivity contribution in [3.63, 3.8) is 0 Å². The zero-order chi connectivity index (χ0) is 21.0. The van der Waals surface area contributed by atoms with E-state index in [1.54, 1.807) is 26.0 Å². The topological polar surface area (TPSA) is 88.1 Å². The molecule has 0 saturated carbocycles. The van der Waals surface area contributed by atoms with Gasteiger partial charge in [-0.25, -0.2) is 12.8 Å². The largest absolute Gasteiger partial charge is 0.382 e. The molecule has 1 heterocycles. The van der Waals surface area contributed by atoms with Crippen molar-refractivity contribution < 1.29 is 22.4 Å². The molecule has 1 amide bonds. The molecule has 29 heavy (non-hydrogen) atoms. The number of carbonyl (C=O) groups is 1. The van der Waals surface area contributed by atoms with Crippen LogP contribution in [0, 0.1) is 5.82 Å². The van der Waals surface area contributed by atoms with E-state index in [0.717, 1.165) is 0 Å². The van der Waals surface area contributed by atoms with Gasteiger partial charge in [0.1, 0.15) is 5.82 Å². The highest BCUT2D eigenvalue weighted by Crippen LogP contribution is 2.21. The van der Waals surface area contributed by atoms with E-state index in [1.165, 1.54) is 40.7 Å². The van der Waals surface area contributed by atoms with Crippen LogP contribution in [-0.2, 0) is 19.7 Å². The molecular formula is C20H22FN3O4S. The van der Waals surface area contributed by atoms with Gasteiger partial charge in [0.15, 0.2) is 0 Å². The number of rotatable bonds is 7. The van der Waals surface area contributed by atoms with Gasteiger partial charge in [-0.2, -0.15) is 4.31 Å². The molecule has 3 rings (SSSR count). The van der Waals surface area contributed by atoms with Gasteiger partial charge in [-0.05, 0) is 36.4 Å². The van der Waals surface area contributed by atoms with E-state index in [0.29, 0.717) is 30.1 Å². The molecule has 0 fully saturated rings. The van der Waals surface area contributed by atoms with Gasteiger partial charge in [0, 0.05) is 30.8 Å². The fourth-order valence-corrected chi connectivity index (χ4v) is 4.46. The maximum absolute atomic E-state index is 13.4. The third-order valence-electron chi connectivity index (χ3n) is 4.58. The van der Waals surface area contributed by atoms with Crippen LogP contribution < -0.4 is 5.32 Å². The molecule has 2 aromatic carbocycles. The number of amides is 1. The summed E-state index contributed by atoms with van der Waals surface area (Å²) in [5.41, 5.74) is 1.49. The average Bonchev–Trinajstić information content (AvgIpc) is 3.20. The number of hydrogen-bond acceptors (Lipinski definition) is 5. The molecule has 1 unspecified atom stereocenters. The lowest BCUT2D eigenvalue weighted by Crippen LogP contribution is -2.30. The number of halogens is 1. The summed E-state index contributed by atoms with van der Waals surface area (Å²) in [5.74, 6) is -0.808. The van der Waals surface area contributed by atoms with E-state index in [1.807, 2.05) is 0 Å². The fraction of sp³-hybridized carbons (Fsp3) is 0.300. The molecule has 1 atom stereocenters. The van der Waals surface area contributed by atoms with Crippen molar-refractivity contribution in [2.75, 3.05) is 18.4 Å². The van der Waals surface area contributed by atoms with Crippen LogP contribution in [-0.4, -0.2) is 43.5 Å². The number of oxime groups is 1. The van der Waals surface area contributed by atoms with Crippen molar-refractivity contribution in [2.24, 2.45) is 5.16 Å². The van der Waals surface area contributed by atoms with Gasteiger partial charge in [0.05, 0.1) is 10.6 Å². The van der Waals surface area contributed by atoms with E-state index in [2.05, 4.69) is 10.5 Å². The van der Waals surface area contributed by atoms with Crippen LogP contribution in [0.1, 0.15) is 25.8 Å². The van der Waals surface area contributed by atoms with Crippen LogP contribution in [0.25, 0.3) is 0 Å². The molecule has 0 aliphatic carbocycles. The van der Waals surface area contributed by atoms with Crippen LogP contribution in [0.15, 0.2) is 58.6 Å². The first-order valence-corrected chi connectivity index (χ1v) is 10.7. The quantitative estimate of drug-likeness (QED) is 0.747. The lowest BCUT2D eigenvalue weighted by Gasteiger charge is -2.18. The first kappa shape index (κ1) is 20.9. The lowest BCUT2D eigenvalue weighted by molar-refractivity contribution is -0.125. The summed E-state index contributed by atoms with van der Waals surface area (Å²) in [4.78, 5) is 17.8. The maximum atomic E-state index is 13.4. The standard InChI is InChI=1S/C20H22FN3O4S/c1-3-24(4-2)29(26,27)17-10-8-16(9-11-17)22-20(25)19-13-18(23-28-19)14-6-5-7-15(21)12-14/h5-12,19H,3-4,13H2,1-2H3,(H,22,25). The number of nitrogens with one attached hydrogen (secondary N) is 1. The number of anilines is 1. The fourth-order valence-electron chi connectivity index (χ4n) is 3.00. The first-order valence-electron chi connectivity index (χ1n) is 9.24. The second-order valence-corrected chi connectivity index (χ2v) is 8.39. The zero-order valence-corrected chi connectivity index (χ0v) is 16.9. The minimum atomic E-state index is -3.56. The second-order valence-electron chi connectivity index (χ2n) is 6.45. The molecule has 0 saturated heterocycles. The molecule has 7 nitrogen and oxygen atoms in total. The summed E-state index contributed by atoms with van der Waals surface area (Å²) in [6.45, 7) is 4.31. The predicted octanol–water partition coefficient (Wildman–Crippen LogP) is 2.99. The van der Waals surface area contributed by atoms with Crippen molar-refractivity contribution in [2.45, 2.75) is 31.3 Å². The summed E-state index contributed by atoms with van der Waals surface area (Å²) in [5, 5.41) is 6.56. The SMILES string of the molecule is CCN(CC)S(=O)(=O)c1ccc(NC(=O)C2CC(c3cccc(F)c3)=NO2)cc1. The van der Waals surface area contributed by atoms with E-state index >= 15 is 0 Å². The Morgan fingerprint density at radius 1 is 1.21 bits per heavy atom. The Bertz CT molecular complexity index is 1020. The Balaban J connectivity index is 1.63. The number of hydrogen-bond donors (Lipinski definition) is 1. The van der Waals surface area contributed by atoms with Crippen LogP contribution in [0.4, 0.5) is 10.1 Å². The van der Waals surface area contributed by atoms with Crippen molar-refractivity contribution in [3.8, 4) is 0 Å². The van der Waals surface area contributed by atoms with E-state index in [9.17, 15) is 17.6 Å². The van der Waals surface area contributed by atoms with Crippen molar-refractivity contribution in [1.82, 2.24) is 4.31 Å². The van der Waals surface area contributed by atoms with Gasteiger partial charge in [-0.3, -0.25) is 4.79 Å². The highest BCUT2D eigenvalue weighted by Gasteiger charge is 2.29. The predicted molar refractivity (Wildman–Crippen MR) is 108 cm³/mol. The van der Waals surface area contributed by atoms with Crippen LogP contribution in [0.5, 0.6) is 0 Å². The highest BCUT2D eigenvalue weighted by molar-refractivity contribution is 7.89. The molecule has 1 aliphatic rings. The average molecular weight is 419 g/mol. The van der Waals surface area contributed by atoms with Gasteiger partial charge >= 0.3 is 0 Å². The van der Waals surface area contributed by atoms with Gasteiger partial charge in [-0.15, -0.1) is 0 Å². The highest BCUT2D eigenvalue weighted by atomic mass is 32.2. The molecule has 0 aromatic heterocycles. The van der Waals surface area contributed by atoms with Crippen molar-refractivity contribution in [3.05, 3.63) is 59.9 Å². The first-order chi connectivity index (χ1) is 13.8. The number of benzene rings is 2. The molecule has 9 heteroatoms.